The maximum absolute atomic E-state index is 2.66. The van der Waals surface area contributed by atoms with Gasteiger partial charge in [0.15, 0.2) is 0 Å². The van der Waals surface area contributed by atoms with E-state index < -0.39 is 13.3 Å². The average Bonchev–Trinajstić information content (AvgIpc) is 2.92. The predicted molar refractivity (Wildman–Crippen MR) is 123 cm³/mol. The molecule has 146 valence electrons. The van der Waals surface area contributed by atoms with Crippen molar-refractivity contribution in [2.24, 2.45) is 5.92 Å². The van der Waals surface area contributed by atoms with Crippen molar-refractivity contribution in [3.63, 3.8) is 0 Å². The fourth-order valence-corrected chi connectivity index (χ4v) is 8.79. The van der Waals surface area contributed by atoms with E-state index in [4.69, 9.17) is 0 Å². The van der Waals surface area contributed by atoms with Crippen LogP contribution in [0.3, 0.4) is 0 Å². The SMILES string of the molecule is CC(C)CC1=CC2c3cc(-c4ccccc4)ccc3C[N+]2(C)C=[C]1[Ge]([CH3])([CH3])[CH3]. The van der Waals surface area contributed by atoms with Crippen LogP contribution in [0.1, 0.15) is 37.4 Å². The Hall–Kier alpha value is -1.58. The predicted octanol–water partition coefficient (Wildman–Crippen LogP) is 7.10. The maximum atomic E-state index is 2.66. The molecular formula is C26H34GeN+. The minimum atomic E-state index is -1.93. The first-order chi connectivity index (χ1) is 13.2. The van der Waals surface area contributed by atoms with Crippen molar-refractivity contribution in [2.45, 2.75) is 50.1 Å². The van der Waals surface area contributed by atoms with Crippen LogP contribution in [-0.2, 0) is 6.54 Å². The van der Waals surface area contributed by atoms with E-state index in [0.717, 1.165) is 11.0 Å². The van der Waals surface area contributed by atoms with Crippen LogP contribution in [-0.4, -0.2) is 24.8 Å². The molecule has 0 fully saturated rings. The molecule has 2 aliphatic rings. The molecular weight excluding hydrogens is 399 g/mol. The van der Waals surface area contributed by atoms with Crippen molar-refractivity contribution in [1.82, 2.24) is 0 Å². The van der Waals surface area contributed by atoms with Gasteiger partial charge in [-0.25, -0.2) is 0 Å². The molecule has 4 rings (SSSR count). The zero-order chi connectivity index (χ0) is 20.1. The third-order valence-corrected chi connectivity index (χ3v) is 10.6. The summed E-state index contributed by atoms with van der Waals surface area (Å²) in [5.74, 6) is 8.34. The van der Waals surface area contributed by atoms with Gasteiger partial charge in [0.2, 0.25) is 0 Å². The molecule has 2 unspecified atom stereocenters. The topological polar surface area (TPSA) is 0 Å². The average molecular weight is 433 g/mol. The number of hydrogen-bond acceptors (Lipinski definition) is 0. The molecule has 0 radical (unpaired) electrons. The first-order valence-electron chi connectivity index (χ1n) is 10.6. The number of rotatable bonds is 4. The summed E-state index contributed by atoms with van der Waals surface area (Å²) >= 11 is -1.93. The summed E-state index contributed by atoms with van der Waals surface area (Å²) in [6, 6.07) is 18.4. The summed E-state index contributed by atoms with van der Waals surface area (Å²) in [6.07, 6.45) is 6.51. The normalized spacial score (nSPS) is 23.9. The van der Waals surface area contributed by atoms with Gasteiger partial charge in [-0.05, 0) is 0 Å². The third kappa shape index (κ3) is 3.55. The summed E-state index contributed by atoms with van der Waals surface area (Å²) in [7, 11) is 2.43. The van der Waals surface area contributed by atoms with Crippen LogP contribution < -0.4 is 0 Å². The zero-order valence-corrected chi connectivity index (χ0v) is 20.4. The van der Waals surface area contributed by atoms with Crippen LogP contribution in [0.4, 0.5) is 0 Å². The summed E-state index contributed by atoms with van der Waals surface area (Å²) < 4.78 is 2.75. The quantitative estimate of drug-likeness (QED) is 0.357. The van der Waals surface area contributed by atoms with Crippen molar-refractivity contribution >= 4 is 13.3 Å². The summed E-state index contributed by atoms with van der Waals surface area (Å²) in [6.45, 7) is 5.82. The molecule has 0 N–H and O–H groups in total. The molecule has 2 aliphatic heterocycles. The Labute approximate surface area is 173 Å². The van der Waals surface area contributed by atoms with Crippen molar-refractivity contribution in [3.05, 3.63) is 81.9 Å². The second kappa shape index (κ2) is 7.04. The van der Waals surface area contributed by atoms with E-state index in [-0.39, 0.29) is 0 Å². The number of fused-ring (bicyclic) bond motifs is 3. The fraction of sp³-hybridized carbons (Fsp3) is 0.385. The number of quaternary nitrogens is 1. The van der Waals surface area contributed by atoms with Crippen molar-refractivity contribution in [3.8, 4) is 11.1 Å². The molecule has 0 aliphatic carbocycles. The van der Waals surface area contributed by atoms with Crippen molar-refractivity contribution in [2.75, 3.05) is 7.05 Å². The van der Waals surface area contributed by atoms with Gasteiger partial charge in [-0.2, -0.15) is 0 Å². The van der Waals surface area contributed by atoms with Crippen LogP contribution in [0.5, 0.6) is 0 Å². The first kappa shape index (κ1) is 19.7. The van der Waals surface area contributed by atoms with Gasteiger partial charge in [-0.1, -0.05) is 0 Å². The minimum absolute atomic E-state index is 0.459. The molecule has 0 spiro atoms. The van der Waals surface area contributed by atoms with Gasteiger partial charge in [-0.15, -0.1) is 0 Å². The Morgan fingerprint density at radius 2 is 1.71 bits per heavy atom. The van der Waals surface area contributed by atoms with E-state index in [1.807, 2.05) is 0 Å². The van der Waals surface area contributed by atoms with Gasteiger partial charge in [0, 0.05) is 0 Å². The zero-order valence-electron chi connectivity index (χ0n) is 18.3. The molecule has 2 aromatic carbocycles. The summed E-state index contributed by atoms with van der Waals surface area (Å²) in [5, 5.41) is 0. The van der Waals surface area contributed by atoms with Crippen LogP contribution in [0, 0.1) is 5.92 Å². The molecule has 28 heavy (non-hydrogen) atoms. The van der Waals surface area contributed by atoms with E-state index in [2.05, 4.69) is 99.0 Å². The van der Waals surface area contributed by atoms with Gasteiger partial charge in [0.05, 0.1) is 0 Å². The van der Waals surface area contributed by atoms with Gasteiger partial charge in [0.25, 0.3) is 0 Å². The second-order valence-corrected chi connectivity index (χ2v) is 20.9. The van der Waals surface area contributed by atoms with E-state index in [1.165, 1.54) is 28.7 Å². The Bertz CT molecular complexity index is 946. The number of hydrogen-bond donors (Lipinski definition) is 0. The molecule has 2 aromatic rings. The van der Waals surface area contributed by atoms with Gasteiger partial charge in [0.1, 0.15) is 0 Å². The molecule has 0 amide bonds. The first-order valence-corrected chi connectivity index (χ1v) is 18.0. The molecule has 2 heteroatoms. The molecule has 0 saturated heterocycles. The number of nitrogens with zero attached hydrogens (tertiary/aromatic N) is 1. The van der Waals surface area contributed by atoms with E-state index in [0.29, 0.717) is 12.0 Å². The van der Waals surface area contributed by atoms with Crippen LogP contribution in [0.25, 0.3) is 11.1 Å². The second-order valence-electron chi connectivity index (χ2n) is 10.3. The van der Waals surface area contributed by atoms with Gasteiger partial charge < -0.3 is 0 Å². The Balaban J connectivity index is 1.81. The van der Waals surface area contributed by atoms with Crippen LogP contribution in [0.2, 0.25) is 17.3 Å². The molecule has 0 saturated carbocycles. The van der Waals surface area contributed by atoms with Crippen LogP contribution >= 0.6 is 0 Å². The van der Waals surface area contributed by atoms with Gasteiger partial charge >= 0.3 is 174 Å². The fourth-order valence-electron chi connectivity index (χ4n) is 4.94. The van der Waals surface area contributed by atoms with E-state index >= 15 is 0 Å². The van der Waals surface area contributed by atoms with Crippen LogP contribution in [0.15, 0.2) is 70.8 Å². The number of benzene rings is 2. The third-order valence-electron chi connectivity index (χ3n) is 6.28. The molecule has 1 nitrogen and oxygen atoms in total. The molecule has 0 bridgehead atoms. The summed E-state index contributed by atoms with van der Waals surface area (Å²) in [5.41, 5.74) is 7.35. The van der Waals surface area contributed by atoms with Crippen molar-refractivity contribution in [1.29, 1.82) is 0 Å². The Kier molecular flexibility index (Phi) is 4.96. The number of likely N-dealkylation sites (N-methyl/N-ethyl adjacent to an activating group) is 1. The van der Waals surface area contributed by atoms with E-state index in [1.54, 1.807) is 9.98 Å². The number of allylic oxidation sites excluding steroid dienone is 2. The standard InChI is InChI=1S/C26H34GeN/c1-19(2)14-23-16-26-24-15-21(20-10-8-7-9-11-20)12-13-22(24)17-28(26,6)18-25(23)27(3,4)5/h7-13,15-16,18-19,26H,14,17H2,1-6H3/q+1. The van der Waals surface area contributed by atoms with E-state index in [9.17, 15) is 0 Å². The molecule has 2 atom stereocenters. The molecule has 0 aromatic heterocycles. The molecule has 2 heterocycles. The summed E-state index contributed by atoms with van der Waals surface area (Å²) in [4.78, 5) is 0. The Morgan fingerprint density at radius 3 is 2.36 bits per heavy atom. The van der Waals surface area contributed by atoms with Gasteiger partial charge in [-0.3, -0.25) is 0 Å². The van der Waals surface area contributed by atoms with Crippen molar-refractivity contribution < 1.29 is 4.48 Å². The Morgan fingerprint density at radius 1 is 1.00 bits per heavy atom. The monoisotopic (exact) mass is 434 g/mol.